The van der Waals surface area contributed by atoms with Crippen molar-refractivity contribution in [2.24, 2.45) is 0 Å². The molecule has 0 bridgehead atoms. The number of nitrogens with zero attached hydrogens (tertiary/aromatic N) is 4. The molecule has 0 aliphatic heterocycles. The monoisotopic (exact) mass is 342 g/mol. The van der Waals surface area contributed by atoms with E-state index in [4.69, 9.17) is 4.74 Å². The molecular formula is C19H26N4O2. The van der Waals surface area contributed by atoms with Gasteiger partial charge in [0, 0.05) is 7.05 Å². The number of carbonyl (C=O) groups is 1. The van der Waals surface area contributed by atoms with Crippen LogP contribution in [0.1, 0.15) is 54.2 Å². The number of rotatable bonds is 6. The van der Waals surface area contributed by atoms with Gasteiger partial charge in [0.15, 0.2) is 5.69 Å². The molecule has 0 radical (unpaired) electrons. The van der Waals surface area contributed by atoms with Crippen molar-refractivity contribution in [2.45, 2.75) is 45.1 Å². The number of aryl methyl sites for hydroxylation is 1. The molecule has 1 aromatic heterocycles. The normalized spacial score (nSPS) is 15.1. The summed E-state index contributed by atoms with van der Waals surface area (Å²) in [6.45, 7) is 2.99. The fourth-order valence-corrected chi connectivity index (χ4v) is 3.13. The van der Waals surface area contributed by atoms with Crippen molar-refractivity contribution < 1.29 is 9.53 Å². The zero-order valence-corrected chi connectivity index (χ0v) is 15.0. The molecule has 25 heavy (non-hydrogen) atoms. The maximum Gasteiger partial charge on any atom is 0.275 e. The average molecular weight is 342 g/mol. The van der Waals surface area contributed by atoms with Gasteiger partial charge in [-0.15, -0.1) is 5.10 Å². The molecule has 0 saturated heterocycles. The minimum Gasteiger partial charge on any atom is -0.492 e. The van der Waals surface area contributed by atoms with Gasteiger partial charge in [-0.05, 0) is 31.9 Å². The first-order valence-corrected chi connectivity index (χ1v) is 9.00. The largest absolute Gasteiger partial charge is 0.492 e. The van der Waals surface area contributed by atoms with Gasteiger partial charge in [0.2, 0.25) is 0 Å². The molecule has 1 aliphatic rings. The summed E-state index contributed by atoms with van der Waals surface area (Å²) in [5, 5.41) is 8.24. The van der Waals surface area contributed by atoms with Crippen molar-refractivity contribution in [1.29, 1.82) is 0 Å². The number of amides is 1. The number of hydrogen-bond donors (Lipinski definition) is 0. The second kappa shape index (κ2) is 8.14. The van der Waals surface area contributed by atoms with E-state index in [0.29, 0.717) is 24.9 Å². The third kappa shape index (κ3) is 4.59. The van der Waals surface area contributed by atoms with Gasteiger partial charge in [-0.2, -0.15) is 0 Å². The Morgan fingerprint density at radius 3 is 2.68 bits per heavy atom. The Labute approximate surface area is 148 Å². The summed E-state index contributed by atoms with van der Waals surface area (Å²) in [6.07, 6.45) is 7.78. The number of ether oxygens (including phenoxy) is 1. The van der Waals surface area contributed by atoms with Gasteiger partial charge >= 0.3 is 0 Å². The van der Waals surface area contributed by atoms with Crippen LogP contribution in [0.5, 0.6) is 5.75 Å². The number of likely N-dealkylation sites (N-methyl/N-ethyl adjacent to an activating group) is 1. The van der Waals surface area contributed by atoms with Crippen LogP contribution in [0.15, 0.2) is 30.5 Å². The molecule has 1 saturated carbocycles. The maximum atomic E-state index is 12.5. The molecule has 3 rings (SSSR count). The molecule has 1 aliphatic carbocycles. The van der Waals surface area contributed by atoms with Crippen molar-refractivity contribution in [2.75, 3.05) is 20.2 Å². The Bertz CT molecular complexity index is 690. The van der Waals surface area contributed by atoms with Crippen LogP contribution in [0.3, 0.4) is 0 Å². The molecule has 6 nitrogen and oxygen atoms in total. The average Bonchev–Trinajstić information content (AvgIpc) is 3.13. The zero-order chi connectivity index (χ0) is 17.6. The van der Waals surface area contributed by atoms with E-state index >= 15 is 0 Å². The van der Waals surface area contributed by atoms with Gasteiger partial charge in [0.05, 0.1) is 18.8 Å². The highest BCUT2D eigenvalue weighted by Crippen LogP contribution is 2.27. The van der Waals surface area contributed by atoms with Crippen LogP contribution in [0.25, 0.3) is 0 Å². The highest BCUT2D eigenvalue weighted by molar-refractivity contribution is 5.91. The van der Waals surface area contributed by atoms with Gasteiger partial charge in [0.1, 0.15) is 12.4 Å². The maximum absolute atomic E-state index is 12.5. The van der Waals surface area contributed by atoms with Crippen LogP contribution in [0, 0.1) is 6.92 Å². The Morgan fingerprint density at radius 2 is 1.96 bits per heavy atom. The topological polar surface area (TPSA) is 60.2 Å². The SMILES string of the molecule is Cc1ccc(OCCN(C)C(=O)c2cn(C3CCCCC3)nn2)cc1. The third-order valence-corrected chi connectivity index (χ3v) is 4.74. The lowest BCUT2D eigenvalue weighted by Crippen LogP contribution is -2.31. The van der Waals surface area contributed by atoms with E-state index < -0.39 is 0 Å². The van der Waals surface area contributed by atoms with Crippen LogP contribution >= 0.6 is 0 Å². The molecule has 6 heteroatoms. The Balaban J connectivity index is 1.50. The number of carbonyl (C=O) groups excluding carboxylic acids is 1. The van der Waals surface area contributed by atoms with Crippen molar-refractivity contribution in [3.63, 3.8) is 0 Å². The molecule has 0 unspecified atom stereocenters. The van der Waals surface area contributed by atoms with E-state index in [1.165, 1.54) is 24.8 Å². The first-order chi connectivity index (χ1) is 12.1. The zero-order valence-electron chi connectivity index (χ0n) is 15.0. The highest BCUT2D eigenvalue weighted by Gasteiger charge is 2.20. The lowest BCUT2D eigenvalue weighted by atomic mass is 9.96. The summed E-state index contributed by atoms with van der Waals surface area (Å²) in [5.41, 5.74) is 1.60. The van der Waals surface area contributed by atoms with Crippen LogP contribution in [0.2, 0.25) is 0 Å². The summed E-state index contributed by atoms with van der Waals surface area (Å²) in [4.78, 5) is 14.1. The van der Waals surface area contributed by atoms with Crippen LogP contribution in [0.4, 0.5) is 0 Å². The Morgan fingerprint density at radius 1 is 1.24 bits per heavy atom. The van der Waals surface area contributed by atoms with Crippen LogP contribution in [-0.2, 0) is 0 Å². The van der Waals surface area contributed by atoms with Gasteiger partial charge in [-0.1, -0.05) is 42.2 Å². The summed E-state index contributed by atoms with van der Waals surface area (Å²) in [6, 6.07) is 8.28. The number of benzene rings is 1. The predicted molar refractivity (Wildman–Crippen MR) is 95.8 cm³/mol. The molecular weight excluding hydrogens is 316 g/mol. The number of hydrogen-bond acceptors (Lipinski definition) is 4. The summed E-state index contributed by atoms with van der Waals surface area (Å²) in [5.74, 6) is 0.698. The van der Waals surface area contributed by atoms with E-state index in [-0.39, 0.29) is 5.91 Å². The molecule has 0 spiro atoms. The van der Waals surface area contributed by atoms with Gasteiger partial charge in [-0.3, -0.25) is 4.79 Å². The van der Waals surface area contributed by atoms with Crippen molar-refractivity contribution in [1.82, 2.24) is 19.9 Å². The Kier molecular flexibility index (Phi) is 5.68. The van der Waals surface area contributed by atoms with E-state index in [0.717, 1.165) is 18.6 Å². The van der Waals surface area contributed by atoms with Crippen LogP contribution in [-0.4, -0.2) is 46.0 Å². The van der Waals surface area contributed by atoms with Gasteiger partial charge in [-0.25, -0.2) is 4.68 Å². The third-order valence-electron chi connectivity index (χ3n) is 4.74. The molecule has 1 heterocycles. The smallest absolute Gasteiger partial charge is 0.275 e. The molecule has 1 aromatic carbocycles. The first-order valence-electron chi connectivity index (χ1n) is 9.00. The summed E-state index contributed by atoms with van der Waals surface area (Å²) >= 11 is 0. The van der Waals surface area contributed by atoms with E-state index in [1.807, 2.05) is 35.9 Å². The number of aromatic nitrogens is 3. The summed E-state index contributed by atoms with van der Waals surface area (Å²) in [7, 11) is 1.76. The molecule has 2 aromatic rings. The van der Waals surface area contributed by atoms with Crippen LogP contribution < -0.4 is 4.74 Å². The minimum atomic E-state index is -0.116. The quantitative estimate of drug-likeness (QED) is 0.808. The predicted octanol–water partition coefficient (Wildman–Crippen LogP) is 3.24. The molecule has 0 atom stereocenters. The first kappa shape index (κ1) is 17.5. The molecule has 0 N–H and O–H groups in total. The van der Waals surface area contributed by atoms with Gasteiger partial charge in [0.25, 0.3) is 5.91 Å². The second-order valence-corrected chi connectivity index (χ2v) is 6.76. The van der Waals surface area contributed by atoms with Crippen molar-refractivity contribution >= 4 is 5.91 Å². The van der Waals surface area contributed by atoms with Crippen molar-refractivity contribution in [3.8, 4) is 5.75 Å². The lowest BCUT2D eigenvalue weighted by molar-refractivity contribution is 0.0768. The Hall–Kier alpha value is -2.37. The standard InChI is InChI=1S/C19H26N4O2/c1-15-8-10-17(11-9-15)25-13-12-22(2)19(24)18-14-23(21-20-18)16-6-4-3-5-7-16/h8-11,14,16H,3-7,12-13H2,1-2H3. The summed E-state index contributed by atoms with van der Waals surface area (Å²) < 4.78 is 7.55. The fraction of sp³-hybridized carbons (Fsp3) is 0.526. The van der Waals surface area contributed by atoms with E-state index in [2.05, 4.69) is 10.3 Å². The molecule has 1 amide bonds. The highest BCUT2D eigenvalue weighted by atomic mass is 16.5. The van der Waals surface area contributed by atoms with Gasteiger partial charge < -0.3 is 9.64 Å². The fourth-order valence-electron chi connectivity index (χ4n) is 3.13. The molecule has 1 fully saturated rings. The van der Waals surface area contributed by atoms with Crippen molar-refractivity contribution in [3.05, 3.63) is 41.7 Å². The van der Waals surface area contributed by atoms with E-state index in [1.54, 1.807) is 18.1 Å². The minimum absolute atomic E-state index is 0.116. The second-order valence-electron chi connectivity index (χ2n) is 6.76. The van der Waals surface area contributed by atoms with E-state index in [9.17, 15) is 4.79 Å². The molecule has 134 valence electrons. The lowest BCUT2D eigenvalue weighted by Gasteiger charge is -2.21.